The summed E-state index contributed by atoms with van der Waals surface area (Å²) in [7, 11) is 0. The third kappa shape index (κ3) is 3.47. The monoisotopic (exact) mass is 314 g/mol. The molecule has 15 heavy (non-hydrogen) atoms. The normalized spacial score (nSPS) is 19.5. The van der Waals surface area contributed by atoms with Crippen molar-refractivity contribution >= 4 is 22.6 Å². The fourth-order valence-electron chi connectivity index (χ4n) is 2.52. The van der Waals surface area contributed by atoms with Gasteiger partial charge >= 0.3 is 0 Å². The molecule has 0 aromatic heterocycles. The third-order valence-corrected chi connectivity index (χ3v) is 4.17. The van der Waals surface area contributed by atoms with E-state index in [1.165, 1.54) is 48.5 Å². The lowest BCUT2D eigenvalue weighted by atomic mass is 9.86. The molecule has 0 N–H and O–H groups in total. The second-order valence-corrected chi connectivity index (χ2v) is 5.84. The largest absolute Gasteiger partial charge is 0.0577 e. The molecular weight excluding hydrogens is 295 g/mol. The van der Waals surface area contributed by atoms with Crippen LogP contribution in [0.1, 0.15) is 56.4 Å². The van der Waals surface area contributed by atoms with Crippen molar-refractivity contribution in [3.63, 3.8) is 0 Å². The van der Waals surface area contributed by atoms with Gasteiger partial charge in [0.2, 0.25) is 0 Å². The molecule has 0 unspecified atom stereocenters. The van der Waals surface area contributed by atoms with Crippen LogP contribution in [-0.4, -0.2) is 0 Å². The molecule has 1 aromatic carbocycles. The first-order valence-electron chi connectivity index (χ1n) is 6.12. The molecule has 0 radical (unpaired) electrons. The average molecular weight is 314 g/mol. The Morgan fingerprint density at radius 2 is 1.33 bits per heavy atom. The highest BCUT2D eigenvalue weighted by Crippen LogP contribution is 2.30. The SMILES string of the molecule is Ic1ccc(C2CCCCCCC2)cc1. The van der Waals surface area contributed by atoms with E-state index in [2.05, 4.69) is 46.9 Å². The molecule has 0 atom stereocenters. The van der Waals surface area contributed by atoms with Crippen LogP contribution in [0.25, 0.3) is 0 Å². The molecule has 0 saturated heterocycles. The summed E-state index contributed by atoms with van der Waals surface area (Å²) in [4.78, 5) is 0. The van der Waals surface area contributed by atoms with Gasteiger partial charge in [-0.05, 0) is 59.0 Å². The van der Waals surface area contributed by atoms with Gasteiger partial charge in [0, 0.05) is 3.57 Å². The fourth-order valence-corrected chi connectivity index (χ4v) is 2.88. The van der Waals surface area contributed by atoms with Crippen molar-refractivity contribution in [3.8, 4) is 0 Å². The van der Waals surface area contributed by atoms with E-state index in [0.29, 0.717) is 0 Å². The summed E-state index contributed by atoms with van der Waals surface area (Å²) >= 11 is 2.38. The van der Waals surface area contributed by atoms with Crippen LogP contribution >= 0.6 is 22.6 Å². The van der Waals surface area contributed by atoms with E-state index < -0.39 is 0 Å². The van der Waals surface area contributed by atoms with Gasteiger partial charge in [-0.15, -0.1) is 0 Å². The van der Waals surface area contributed by atoms with E-state index in [1.54, 1.807) is 5.56 Å². The van der Waals surface area contributed by atoms with E-state index in [4.69, 9.17) is 0 Å². The standard InChI is InChI=1S/C14H19I/c15-14-10-8-13(9-11-14)12-6-4-2-1-3-5-7-12/h8-12H,1-7H2. The zero-order valence-electron chi connectivity index (χ0n) is 9.21. The van der Waals surface area contributed by atoms with Crippen molar-refractivity contribution in [3.05, 3.63) is 33.4 Å². The van der Waals surface area contributed by atoms with Crippen LogP contribution in [0.5, 0.6) is 0 Å². The minimum Gasteiger partial charge on any atom is -0.0577 e. The van der Waals surface area contributed by atoms with Crippen LogP contribution in [-0.2, 0) is 0 Å². The summed E-state index contributed by atoms with van der Waals surface area (Å²) in [5.74, 6) is 0.835. The minimum atomic E-state index is 0.835. The highest BCUT2D eigenvalue weighted by molar-refractivity contribution is 14.1. The van der Waals surface area contributed by atoms with Crippen molar-refractivity contribution in [2.75, 3.05) is 0 Å². The third-order valence-electron chi connectivity index (χ3n) is 3.45. The lowest BCUT2D eigenvalue weighted by Crippen LogP contribution is -2.02. The van der Waals surface area contributed by atoms with Crippen LogP contribution in [0.15, 0.2) is 24.3 Å². The summed E-state index contributed by atoms with van der Waals surface area (Å²) < 4.78 is 1.35. The van der Waals surface area contributed by atoms with E-state index in [-0.39, 0.29) is 0 Å². The van der Waals surface area contributed by atoms with Gasteiger partial charge in [0.1, 0.15) is 0 Å². The predicted octanol–water partition coefficient (Wildman–Crippen LogP) is 5.12. The topological polar surface area (TPSA) is 0 Å². The Balaban J connectivity index is 2.03. The summed E-state index contributed by atoms with van der Waals surface area (Å²) in [6.45, 7) is 0. The Kier molecular flexibility index (Phi) is 4.48. The molecule has 1 heteroatoms. The van der Waals surface area contributed by atoms with Gasteiger partial charge in [-0.1, -0.05) is 44.2 Å². The van der Waals surface area contributed by atoms with Crippen molar-refractivity contribution < 1.29 is 0 Å². The molecule has 0 spiro atoms. The molecule has 82 valence electrons. The van der Waals surface area contributed by atoms with Gasteiger partial charge < -0.3 is 0 Å². The Bertz CT molecular complexity index is 281. The van der Waals surface area contributed by atoms with Crippen LogP contribution in [0.2, 0.25) is 0 Å². The van der Waals surface area contributed by atoms with Crippen LogP contribution in [0.3, 0.4) is 0 Å². The number of hydrogen-bond donors (Lipinski definition) is 0. The van der Waals surface area contributed by atoms with Gasteiger partial charge in [-0.25, -0.2) is 0 Å². The molecule has 0 aliphatic heterocycles. The zero-order chi connectivity index (χ0) is 10.5. The van der Waals surface area contributed by atoms with Crippen LogP contribution < -0.4 is 0 Å². The van der Waals surface area contributed by atoms with E-state index in [1.807, 2.05) is 0 Å². The number of hydrogen-bond acceptors (Lipinski definition) is 0. The first kappa shape index (κ1) is 11.4. The fraction of sp³-hybridized carbons (Fsp3) is 0.571. The van der Waals surface area contributed by atoms with E-state index in [9.17, 15) is 0 Å². The van der Waals surface area contributed by atoms with Crippen molar-refractivity contribution in [2.24, 2.45) is 0 Å². The maximum atomic E-state index is 2.38. The van der Waals surface area contributed by atoms with Gasteiger partial charge in [0.15, 0.2) is 0 Å². The number of halogens is 1. The van der Waals surface area contributed by atoms with Gasteiger partial charge in [0.05, 0.1) is 0 Å². The summed E-state index contributed by atoms with van der Waals surface area (Å²) in [6.07, 6.45) is 10.0. The molecule has 0 nitrogen and oxygen atoms in total. The maximum Gasteiger partial charge on any atom is 0.0130 e. The van der Waals surface area contributed by atoms with Gasteiger partial charge in [0.25, 0.3) is 0 Å². The quantitative estimate of drug-likeness (QED) is 0.631. The van der Waals surface area contributed by atoms with Crippen molar-refractivity contribution in [1.82, 2.24) is 0 Å². The molecule has 1 aliphatic rings. The first-order chi connectivity index (χ1) is 7.36. The highest BCUT2D eigenvalue weighted by atomic mass is 127. The Morgan fingerprint density at radius 1 is 0.800 bits per heavy atom. The second-order valence-electron chi connectivity index (χ2n) is 4.59. The first-order valence-corrected chi connectivity index (χ1v) is 7.19. The van der Waals surface area contributed by atoms with E-state index in [0.717, 1.165) is 5.92 Å². The van der Waals surface area contributed by atoms with Gasteiger partial charge in [-0.3, -0.25) is 0 Å². The number of benzene rings is 1. The van der Waals surface area contributed by atoms with Gasteiger partial charge in [-0.2, -0.15) is 0 Å². The maximum absolute atomic E-state index is 2.38. The number of rotatable bonds is 1. The molecule has 0 bridgehead atoms. The Morgan fingerprint density at radius 3 is 1.93 bits per heavy atom. The Hall–Kier alpha value is -0.0500. The van der Waals surface area contributed by atoms with Crippen LogP contribution in [0.4, 0.5) is 0 Å². The minimum absolute atomic E-state index is 0.835. The summed E-state index contributed by atoms with van der Waals surface area (Å²) in [5, 5.41) is 0. The summed E-state index contributed by atoms with van der Waals surface area (Å²) in [6, 6.07) is 9.14. The zero-order valence-corrected chi connectivity index (χ0v) is 11.4. The average Bonchev–Trinajstić information content (AvgIpc) is 2.19. The van der Waals surface area contributed by atoms with E-state index >= 15 is 0 Å². The highest BCUT2D eigenvalue weighted by Gasteiger charge is 2.12. The molecular formula is C14H19I. The molecule has 1 saturated carbocycles. The lowest BCUT2D eigenvalue weighted by molar-refractivity contribution is 0.455. The lowest BCUT2D eigenvalue weighted by Gasteiger charge is -2.20. The molecule has 1 aromatic rings. The summed E-state index contributed by atoms with van der Waals surface area (Å²) in [5.41, 5.74) is 1.57. The molecule has 1 fully saturated rings. The van der Waals surface area contributed by atoms with Crippen molar-refractivity contribution in [1.29, 1.82) is 0 Å². The van der Waals surface area contributed by atoms with Crippen LogP contribution in [0, 0.1) is 3.57 Å². The smallest absolute Gasteiger partial charge is 0.0130 e. The predicted molar refractivity (Wildman–Crippen MR) is 74.2 cm³/mol. The van der Waals surface area contributed by atoms with Crippen molar-refractivity contribution in [2.45, 2.75) is 50.9 Å². The second kappa shape index (κ2) is 5.88. The molecule has 2 rings (SSSR count). The molecule has 1 aliphatic carbocycles. The molecule has 0 heterocycles. The molecule has 0 amide bonds. The Labute approximate surface area is 107 Å².